The van der Waals surface area contributed by atoms with Crippen molar-refractivity contribution in [3.8, 4) is 23.0 Å². The van der Waals surface area contributed by atoms with E-state index in [0.717, 1.165) is 11.3 Å². The van der Waals surface area contributed by atoms with E-state index in [9.17, 15) is 9.59 Å². The molecule has 37 heavy (non-hydrogen) atoms. The third-order valence-corrected chi connectivity index (χ3v) is 6.87. The minimum absolute atomic E-state index is 0.206. The van der Waals surface area contributed by atoms with Crippen molar-refractivity contribution in [2.45, 2.75) is 25.6 Å². The molecule has 0 saturated carbocycles. The smallest absolute Gasteiger partial charge is 0.275 e. The summed E-state index contributed by atoms with van der Waals surface area (Å²) in [4.78, 5) is 29.4. The number of hydrogen-bond donors (Lipinski definition) is 1. The van der Waals surface area contributed by atoms with Gasteiger partial charge in [-0.3, -0.25) is 14.5 Å². The van der Waals surface area contributed by atoms with Gasteiger partial charge in [-0.1, -0.05) is 23.7 Å². The van der Waals surface area contributed by atoms with E-state index < -0.39 is 5.54 Å². The van der Waals surface area contributed by atoms with Gasteiger partial charge in [0.05, 0.1) is 32.7 Å². The summed E-state index contributed by atoms with van der Waals surface area (Å²) in [5.41, 5.74) is 1.29. The van der Waals surface area contributed by atoms with Crippen LogP contribution in [0.4, 0.5) is 5.69 Å². The second-order valence-corrected chi connectivity index (χ2v) is 9.37. The third-order valence-electron chi connectivity index (χ3n) is 6.62. The Hall–Kier alpha value is -4.17. The number of furan rings is 1. The predicted molar refractivity (Wildman–Crippen MR) is 140 cm³/mol. The number of methoxy groups -OCH3 is 2. The Morgan fingerprint density at radius 2 is 1.76 bits per heavy atom. The maximum absolute atomic E-state index is 14.0. The lowest BCUT2D eigenvalue weighted by Gasteiger charge is -2.44. The van der Waals surface area contributed by atoms with Gasteiger partial charge in [-0.15, -0.1) is 0 Å². The molecule has 5 rings (SSSR count). The molecular weight excluding hydrogens is 494 g/mol. The summed E-state index contributed by atoms with van der Waals surface area (Å²) in [5.74, 6) is 0.959. The highest BCUT2D eigenvalue weighted by atomic mass is 35.5. The first kappa shape index (κ1) is 24.5. The van der Waals surface area contributed by atoms with Gasteiger partial charge in [0, 0.05) is 23.3 Å². The highest BCUT2D eigenvalue weighted by molar-refractivity contribution is 6.30. The molecule has 1 aliphatic heterocycles. The second kappa shape index (κ2) is 9.71. The van der Waals surface area contributed by atoms with Gasteiger partial charge >= 0.3 is 0 Å². The van der Waals surface area contributed by atoms with E-state index in [2.05, 4.69) is 5.32 Å². The van der Waals surface area contributed by atoms with Crippen LogP contribution in [-0.4, -0.2) is 36.1 Å². The van der Waals surface area contributed by atoms with E-state index in [-0.39, 0.29) is 24.9 Å². The summed E-state index contributed by atoms with van der Waals surface area (Å²) in [6.07, 6.45) is 1.58. The summed E-state index contributed by atoms with van der Waals surface area (Å²) >= 11 is 6.00. The number of amides is 2. The lowest BCUT2D eigenvalue weighted by atomic mass is 9.93. The van der Waals surface area contributed by atoms with Crippen LogP contribution in [-0.2, 0) is 17.9 Å². The van der Waals surface area contributed by atoms with E-state index in [1.165, 1.54) is 12.0 Å². The van der Waals surface area contributed by atoms with Crippen molar-refractivity contribution in [1.82, 2.24) is 9.88 Å². The number of nitrogens with zero attached hydrogens (tertiary/aromatic N) is 2. The maximum atomic E-state index is 14.0. The number of hydrogen-bond acceptors (Lipinski definition) is 5. The van der Waals surface area contributed by atoms with E-state index in [1.54, 1.807) is 62.8 Å². The number of aromatic nitrogens is 1. The Morgan fingerprint density at radius 1 is 1.03 bits per heavy atom. The second-order valence-electron chi connectivity index (χ2n) is 8.93. The normalized spacial score (nSPS) is 16.9. The molecule has 2 aromatic carbocycles. The van der Waals surface area contributed by atoms with Crippen molar-refractivity contribution >= 4 is 29.1 Å². The summed E-state index contributed by atoms with van der Waals surface area (Å²) in [5, 5.41) is 3.62. The van der Waals surface area contributed by atoms with Crippen molar-refractivity contribution in [3.63, 3.8) is 0 Å². The zero-order chi connectivity index (χ0) is 26.2. The van der Waals surface area contributed by atoms with E-state index in [1.807, 2.05) is 28.8 Å². The molecule has 0 fully saturated rings. The third kappa shape index (κ3) is 4.34. The number of fused-ring (bicyclic) bond motifs is 1. The highest BCUT2D eigenvalue weighted by Crippen LogP contribution is 2.39. The van der Waals surface area contributed by atoms with Crippen molar-refractivity contribution in [3.05, 3.63) is 89.3 Å². The molecule has 0 bridgehead atoms. The maximum Gasteiger partial charge on any atom is 0.275 e. The van der Waals surface area contributed by atoms with E-state index >= 15 is 0 Å². The molecule has 0 radical (unpaired) electrons. The Balaban J connectivity index is 1.57. The molecular formula is C28H26ClN3O5. The van der Waals surface area contributed by atoms with Gasteiger partial charge in [-0.25, -0.2) is 0 Å². The average Bonchev–Trinajstić information content (AvgIpc) is 3.58. The topological polar surface area (TPSA) is 85.9 Å². The average molecular weight is 520 g/mol. The molecule has 190 valence electrons. The summed E-state index contributed by atoms with van der Waals surface area (Å²) in [6, 6.07) is 19.6. The van der Waals surface area contributed by atoms with Crippen LogP contribution in [0.5, 0.6) is 11.5 Å². The van der Waals surface area contributed by atoms with Crippen LogP contribution in [0, 0.1) is 0 Å². The first-order chi connectivity index (χ1) is 17.9. The molecule has 8 nitrogen and oxygen atoms in total. The van der Waals surface area contributed by atoms with Crippen molar-refractivity contribution in [1.29, 1.82) is 0 Å². The number of benzene rings is 2. The van der Waals surface area contributed by atoms with Crippen molar-refractivity contribution in [2.24, 2.45) is 0 Å². The highest BCUT2D eigenvalue weighted by Gasteiger charge is 2.49. The monoisotopic (exact) mass is 519 g/mol. The van der Waals surface area contributed by atoms with E-state index in [4.69, 9.17) is 25.5 Å². The molecule has 1 N–H and O–H groups in total. The van der Waals surface area contributed by atoms with Crippen molar-refractivity contribution in [2.75, 3.05) is 19.1 Å². The molecule has 0 saturated heterocycles. The molecule has 1 aliphatic rings. The lowest BCUT2D eigenvalue weighted by Crippen LogP contribution is -2.64. The first-order valence-corrected chi connectivity index (χ1v) is 12.1. The largest absolute Gasteiger partial charge is 0.493 e. The number of rotatable bonds is 7. The van der Waals surface area contributed by atoms with Gasteiger partial charge in [0.2, 0.25) is 5.91 Å². The van der Waals surface area contributed by atoms with Crippen LogP contribution in [0.25, 0.3) is 11.5 Å². The molecule has 2 aromatic heterocycles. The first-order valence-electron chi connectivity index (χ1n) is 11.7. The van der Waals surface area contributed by atoms with Crippen LogP contribution < -0.4 is 19.7 Å². The SMILES string of the molecule is COc1ccc(N2C(=O)c3ccc(-c4ccco4)n3CC2(C)C(=O)NCc2ccc(Cl)cc2)cc1OC. The fraction of sp³-hybridized carbons (Fsp3) is 0.214. The van der Waals surface area contributed by atoms with Crippen LogP contribution in [0.2, 0.25) is 5.02 Å². The van der Waals surface area contributed by atoms with Crippen LogP contribution in [0.15, 0.2) is 77.4 Å². The number of anilines is 1. The van der Waals surface area contributed by atoms with Gasteiger partial charge in [0.1, 0.15) is 17.0 Å². The van der Waals surface area contributed by atoms with Crippen LogP contribution in [0.3, 0.4) is 0 Å². The molecule has 1 unspecified atom stereocenters. The Morgan fingerprint density at radius 3 is 2.43 bits per heavy atom. The predicted octanol–water partition coefficient (Wildman–Crippen LogP) is 5.15. The molecule has 2 amide bonds. The summed E-state index contributed by atoms with van der Waals surface area (Å²) in [6.45, 7) is 2.24. The Kier molecular flexibility index (Phi) is 6.43. The fourth-order valence-electron chi connectivity index (χ4n) is 4.70. The standard InChI is InChI=1S/C28H26ClN3O5/c1-28(27(34)30-16-18-6-8-19(29)9-7-18)17-31-21(23-5-4-14-37-23)11-12-22(31)26(33)32(28)20-10-13-24(35-2)25(15-20)36-3/h4-15H,16-17H2,1-3H3,(H,30,34). The summed E-state index contributed by atoms with van der Waals surface area (Å²) < 4.78 is 18.3. The molecule has 3 heterocycles. The van der Waals surface area contributed by atoms with Gasteiger partial charge in [0.15, 0.2) is 11.5 Å². The van der Waals surface area contributed by atoms with Crippen molar-refractivity contribution < 1.29 is 23.5 Å². The molecule has 0 spiro atoms. The Labute approximate surface area is 219 Å². The number of carbonyl (C=O) groups is 2. The quantitative estimate of drug-likeness (QED) is 0.365. The van der Waals surface area contributed by atoms with Gasteiger partial charge in [0.25, 0.3) is 5.91 Å². The zero-order valence-electron chi connectivity index (χ0n) is 20.7. The van der Waals surface area contributed by atoms with Crippen LogP contribution >= 0.6 is 11.6 Å². The zero-order valence-corrected chi connectivity index (χ0v) is 21.4. The van der Waals surface area contributed by atoms with Crippen LogP contribution in [0.1, 0.15) is 23.0 Å². The molecule has 4 aromatic rings. The number of halogens is 1. The lowest BCUT2D eigenvalue weighted by molar-refractivity contribution is -0.126. The Bertz CT molecular complexity index is 1450. The molecule has 1 atom stereocenters. The van der Waals surface area contributed by atoms with Gasteiger partial charge < -0.3 is 23.8 Å². The molecule has 0 aliphatic carbocycles. The fourth-order valence-corrected chi connectivity index (χ4v) is 4.82. The minimum atomic E-state index is -1.28. The minimum Gasteiger partial charge on any atom is -0.493 e. The molecule has 9 heteroatoms. The van der Waals surface area contributed by atoms with Gasteiger partial charge in [-0.2, -0.15) is 0 Å². The number of carbonyl (C=O) groups excluding carboxylic acids is 2. The summed E-state index contributed by atoms with van der Waals surface area (Å²) in [7, 11) is 3.07. The van der Waals surface area contributed by atoms with Gasteiger partial charge in [-0.05, 0) is 61.0 Å². The number of nitrogens with one attached hydrogen (secondary N) is 1. The van der Waals surface area contributed by atoms with E-state index in [0.29, 0.717) is 33.7 Å². The number of ether oxygens (including phenoxy) is 2.